The van der Waals surface area contributed by atoms with Gasteiger partial charge in [0.15, 0.2) is 5.96 Å². The van der Waals surface area contributed by atoms with Crippen molar-refractivity contribution < 1.29 is 9.47 Å². The molecular formula is C18H36N4O2. The zero-order valence-corrected chi connectivity index (χ0v) is 15.6. The van der Waals surface area contributed by atoms with Crippen LogP contribution in [0.2, 0.25) is 0 Å². The van der Waals surface area contributed by atoms with Crippen LogP contribution in [0, 0.1) is 5.92 Å². The standard InChI is InChI=1S/C18H36N4O2/c1-3-19-18(20-9-6-11-24-17-8-12-23-15-17)21-13-16-7-5-10-22(4-2)14-16/h16-17H,3-15H2,1-2H3,(H2,19,20,21). The number of nitrogens with zero attached hydrogens (tertiary/aromatic N) is 2. The molecular weight excluding hydrogens is 304 g/mol. The van der Waals surface area contributed by atoms with Gasteiger partial charge in [-0.05, 0) is 51.6 Å². The molecule has 6 nitrogen and oxygen atoms in total. The van der Waals surface area contributed by atoms with Crippen LogP contribution in [-0.4, -0.2) is 76.1 Å². The lowest BCUT2D eigenvalue weighted by molar-refractivity contribution is 0.0420. The first-order chi connectivity index (χ1) is 11.8. The van der Waals surface area contributed by atoms with Crippen molar-refractivity contribution in [1.29, 1.82) is 0 Å². The third-order valence-corrected chi connectivity index (χ3v) is 4.76. The van der Waals surface area contributed by atoms with Crippen LogP contribution in [0.1, 0.15) is 39.5 Å². The van der Waals surface area contributed by atoms with E-state index in [0.717, 1.165) is 64.8 Å². The van der Waals surface area contributed by atoms with E-state index in [-0.39, 0.29) is 0 Å². The number of aliphatic imine (C=N–C) groups is 1. The smallest absolute Gasteiger partial charge is 0.191 e. The first-order valence-corrected chi connectivity index (χ1v) is 9.75. The first kappa shape index (κ1) is 19.5. The summed E-state index contributed by atoms with van der Waals surface area (Å²) in [6.07, 6.45) is 4.94. The summed E-state index contributed by atoms with van der Waals surface area (Å²) in [5.41, 5.74) is 0. The van der Waals surface area contributed by atoms with E-state index in [4.69, 9.17) is 14.5 Å². The lowest BCUT2D eigenvalue weighted by Gasteiger charge is -2.31. The number of ether oxygens (including phenoxy) is 2. The van der Waals surface area contributed by atoms with Crippen LogP contribution in [-0.2, 0) is 9.47 Å². The van der Waals surface area contributed by atoms with Crippen molar-refractivity contribution in [1.82, 2.24) is 15.5 Å². The molecule has 0 bridgehead atoms. The van der Waals surface area contributed by atoms with Crippen molar-refractivity contribution in [3.05, 3.63) is 0 Å². The first-order valence-electron chi connectivity index (χ1n) is 9.75. The molecule has 0 amide bonds. The molecule has 24 heavy (non-hydrogen) atoms. The van der Waals surface area contributed by atoms with Crippen LogP contribution in [0.4, 0.5) is 0 Å². The van der Waals surface area contributed by atoms with Gasteiger partial charge in [-0.2, -0.15) is 0 Å². The Hall–Kier alpha value is -0.850. The van der Waals surface area contributed by atoms with E-state index in [1.165, 1.54) is 25.9 Å². The van der Waals surface area contributed by atoms with Crippen molar-refractivity contribution >= 4 is 5.96 Å². The van der Waals surface area contributed by atoms with Gasteiger partial charge in [-0.15, -0.1) is 0 Å². The van der Waals surface area contributed by atoms with Crippen LogP contribution in [0.3, 0.4) is 0 Å². The maximum Gasteiger partial charge on any atom is 0.191 e. The van der Waals surface area contributed by atoms with Gasteiger partial charge >= 0.3 is 0 Å². The van der Waals surface area contributed by atoms with Crippen molar-refractivity contribution in [2.75, 3.05) is 59.1 Å². The molecule has 2 unspecified atom stereocenters. The number of rotatable bonds is 9. The third kappa shape index (κ3) is 7.36. The Morgan fingerprint density at radius 1 is 1.29 bits per heavy atom. The number of nitrogens with one attached hydrogen (secondary N) is 2. The van der Waals surface area contributed by atoms with Gasteiger partial charge in [0.2, 0.25) is 0 Å². The van der Waals surface area contributed by atoms with Crippen LogP contribution >= 0.6 is 0 Å². The van der Waals surface area contributed by atoms with Gasteiger partial charge in [-0.3, -0.25) is 4.99 Å². The van der Waals surface area contributed by atoms with Crippen LogP contribution in [0.5, 0.6) is 0 Å². The van der Waals surface area contributed by atoms with E-state index >= 15 is 0 Å². The minimum atomic E-state index is 0.305. The molecule has 2 saturated heterocycles. The van der Waals surface area contributed by atoms with E-state index in [2.05, 4.69) is 29.4 Å². The van der Waals surface area contributed by atoms with Gasteiger partial charge < -0.3 is 25.0 Å². The third-order valence-electron chi connectivity index (χ3n) is 4.76. The fourth-order valence-electron chi connectivity index (χ4n) is 3.32. The minimum Gasteiger partial charge on any atom is -0.379 e. The molecule has 0 spiro atoms. The normalized spacial score (nSPS) is 25.8. The largest absolute Gasteiger partial charge is 0.379 e. The second-order valence-corrected chi connectivity index (χ2v) is 6.76. The Balaban J connectivity index is 1.62. The average molecular weight is 341 g/mol. The zero-order chi connectivity index (χ0) is 17.0. The second-order valence-electron chi connectivity index (χ2n) is 6.76. The van der Waals surface area contributed by atoms with Gasteiger partial charge in [0.1, 0.15) is 0 Å². The van der Waals surface area contributed by atoms with Crippen LogP contribution < -0.4 is 10.6 Å². The molecule has 2 fully saturated rings. The quantitative estimate of drug-likeness (QED) is 0.378. The second kappa shape index (κ2) is 11.7. The Morgan fingerprint density at radius 2 is 2.21 bits per heavy atom. The maximum atomic E-state index is 5.79. The molecule has 0 saturated carbocycles. The van der Waals surface area contributed by atoms with Gasteiger partial charge in [0.05, 0.1) is 12.7 Å². The Labute approximate surface area is 147 Å². The summed E-state index contributed by atoms with van der Waals surface area (Å²) in [6.45, 7) is 13.1. The molecule has 2 atom stereocenters. The average Bonchev–Trinajstić information content (AvgIpc) is 3.13. The minimum absolute atomic E-state index is 0.305. The molecule has 2 aliphatic heterocycles. The molecule has 0 aromatic heterocycles. The van der Waals surface area contributed by atoms with E-state index < -0.39 is 0 Å². The molecule has 140 valence electrons. The maximum absolute atomic E-state index is 5.79. The van der Waals surface area contributed by atoms with Gasteiger partial charge in [0.25, 0.3) is 0 Å². The summed E-state index contributed by atoms with van der Waals surface area (Å²) < 4.78 is 11.1. The molecule has 0 aliphatic carbocycles. The molecule has 2 heterocycles. The molecule has 0 radical (unpaired) electrons. The van der Waals surface area contributed by atoms with Crippen molar-refractivity contribution in [3.63, 3.8) is 0 Å². The highest BCUT2D eigenvalue weighted by Gasteiger charge is 2.18. The van der Waals surface area contributed by atoms with Crippen LogP contribution in [0.25, 0.3) is 0 Å². The monoisotopic (exact) mass is 340 g/mol. The highest BCUT2D eigenvalue weighted by molar-refractivity contribution is 5.79. The Morgan fingerprint density at radius 3 is 2.96 bits per heavy atom. The summed E-state index contributed by atoms with van der Waals surface area (Å²) in [6, 6.07) is 0. The highest BCUT2D eigenvalue weighted by Crippen LogP contribution is 2.16. The Bertz CT molecular complexity index is 359. The van der Waals surface area contributed by atoms with Gasteiger partial charge in [0, 0.05) is 39.4 Å². The summed E-state index contributed by atoms with van der Waals surface area (Å²) in [5, 5.41) is 6.77. The number of likely N-dealkylation sites (tertiary alicyclic amines) is 1. The van der Waals surface area contributed by atoms with Crippen molar-refractivity contribution in [2.45, 2.75) is 45.6 Å². The van der Waals surface area contributed by atoms with Crippen molar-refractivity contribution in [2.24, 2.45) is 10.9 Å². The Kier molecular flexibility index (Phi) is 9.46. The van der Waals surface area contributed by atoms with Crippen molar-refractivity contribution in [3.8, 4) is 0 Å². The zero-order valence-electron chi connectivity index (χ0n) is 15.6. The van der Waals surface area contributed by atoms with E-state index in [0.29, 0.717) is 12.0 Å². The molecule has 2 rings (SSSR count). The van der Waals surface area contributed by atoms with Gasteiger partial charge in [-0.25, -0.2) is 0 Å². The summed E-state index contributed by atoms with van der Waals surface area (Å²) in [5.74, 6) is 1.63. The number of piperidine rings is 1. The molecule has 2 N–H and O–H groups in total. The molecule has 0 aromatic carbocycles. The summed E-state index contributed by atoms with van der Waals surface area (Å²) in [4.78, 5) is 7.32. The number of hydrogen-bond acceptors (Lipinski definition) is 4. The summed E-state index contributed by atoms with van der Waals surface area (Å²) in [7, 11) is 0. The predicted molar refractivity (Wildman–Crippen MR) is 98.6 cm³/mol. The predicted octanol–water partition coefficient (Wildman–Crippen LogP) is 1.47. The molecule has 2 aliphatic rings. The lowest BCUT2D eigenvalue weighted by Crippen LogP contribution is -2.40. The molecule has 6 heteroatoms. The fraction of sp³-hybridized carbons (Fsp3) is 0.944. The number of guanidine groups is 1. The molecule has 0 aromatic rings. The highest BCUT2D eigenvalue weighted by atomic mass is 16.5. The van der Waals surface area contributed by atoms with E-state index in [9.17, 15) is 0 Å². The van der Waals surface area contributed by atoms with E-state index in [1.807, 2.05) is 0 Å². The lowest BCUT2D eigenvalue weighted by atomic mass is 9.98. The van der Waals surface area contributed by atoms with Crippen LogP contribution in [0.15, 0.2) is 4.99 Å². The SMILES string of the molecule is CCNC(=NCC1CCCN(CC)C1)NCCCOC1CCOC1. The number of hydrogen-bond donors (Lipinski definition) is 2. The van der Waals surface area contributed by atoms with Gasteiger partial charge in [-0.1, -0.05) is 6.92 Å². The summed E-state index contributed by atoms with van der Waals surface area (Å²) >= 11 is 0. The van der Waals surface area contributed by atoms with E-state index in [1.54, 1.807) is 0 Å². The topological polar surface area (TPSA) is 58.1 Å². The fourth-order valence-corrected chi connectivity index (χ4v) is 3.32.